The van der Waals surface area contributed by atoms with Crippen LogP contribution in [0.5, 0.6) is 0 Å². The molecule has 8 aliphatic rings. The quantitative estimate of drug-likeness (QED) is 0.364. The molecule has 8 rings (SSSR count). The summed E-state index contributed by atoms with van der Waals surface area (Å²) in [6, 6.07) is 0.498. The zero-order valence-electron chi connectivity index (χ0n) is 29.5. The second kappa shape index (κ2) is 10.8. The minimum absolute atomic E-state index is 0.0158. The van der Waals surface area contributed by atoms with Gasteiger partial charge >= 0.3 is 5.97 Å². The van der Waals surface area contributed by atoms with Crippen molar-refractivity contribution < 1.29 is 38.7 Å². The Labute approximate surface area is 280 Å². The maximum absolute atomic E-state index is 12.3. The zero-order chi connectivity index (χ0) is 33.4. The molecule has 10 nitrogen and oxygen atoms in total. The Balaban J connectivity index is 1.01. The lowest BCUT2D eigenvalue weighted by Crippen LogP contribution is -2.70. The largest absolute Gasteiger partial charge is 0.457 e. The van der Waals surface area contributed by atoms with E-state index < -0.39 is 41.5 Å². The predicted molar refractivity (Wildman–Crippen MR) is 173 cm³/mol. The summed E-state index contributed by atoms with van der Waals surface area (Å²) in [5.41, 5.74) is 5.87. The van der Waals surface area contributed by atoms with E-state index in [2.05, 4.69) is 25.7 Å². The van der Waals surface area contributed by atoms with Crippen LogP contribution in [0.25, 0.3) is 0 Å². The van der Waals surface area contributed by atoms with Gasteiger partial charge in [-0.15, -0.1) is 0 Å². The first kappa shape index (κ1) is 33.3. The van der Waals surface area contributed by atoms with Gasteiger partial charge in [0.2, 0.25) is 0 Å². The summed E-state index contributed by atoms with van der Waals surface area (Å²) in [5, 5.41) is 23.3. The first-order valence-electron chi connectivity index (χ1n) is 18.7. The summed E-state index contributed by atoms with van der Waals surface area (Å²) in [6.45, 7) is 16.0. The van der Waals surface area contributed by atoms with Gasteiger partial charge in [0.1, 0.15) is 0 Å². The third-order valence-corrected chi connectivity index (χ3v) is 15.8. The molecule has 13 unspecified atom stereocenters. The van der Waals surface area contributed by atoms with Crippen molar-refractivity contribution >= 4 is 5.97 Å². The lowest BCUT2D eigenvalue weighted by atomic mass is 9.44. The highest BCUT2D eigenvalue weighted by atomic mass is 16.7. The summed E-state index contributed by atoms with van der Waals surface area (Å²) in [5.74, 6) is 0.476. The van der Waals surface area contributed by atoms with Crippen LogP contribution in [0.3, 0.4) is 0 Å². The van der Waals surface area contributed by atoms with Crippen molar-refractivity contribution in [2.75, 3.05) is 32.9 Å². The highest BCUT2D eigenvalue weighted by Gasteiger charge is 2.85. The van der Waals surface area contributed by atoms with Gasteiger partial charge in [0.15, 0.2) is 12.4 Å². The Bertz CT molecular complexity index is 1250. The number of nitrogens with two attached hydrogens (primary N) is 1. The molecule has 5 saturated carbocycles. The lowest BCUT2D eigenvalue weighted by molar-refractivity contribution is -0.254. The van der Waals surface area contributed by atoms with Crippen LogP contribution in [-0.2, 0) is 28.5 Å². The highest BCUT2D eigenvalue weighted by Crippen LogP contribution is 2.87. The molecule has 3 heterocycles. The van der Waals surface area contributed by atoms with E-state index >= 15 is 0 Å². The summed E-state index contributed by atoms with van der Waals surface area (Å²) in [7, 11) is 0. The third kappa shape index (κ3) is 4.54. The van der Waals surface area contributed by atoms with Crippen LogP contribution in [0.15, 0.2) is 0 Å². The molecule has 3 aliphatic heterocycles. The summed E-state index contributed by atoms with van der Waals surface area (Å²) in [4.78, 5) is 14.5. The van der Waals surface area contributed by atoms with Crippen molar-refractivity contribution in [3.8, 4) is 0 Å². The molecule has 0 amide bonds. The number of carbonyl (C=O) groups excluding carboxylic acids is 1. The van der Waals surface area contributed by atoms with Crippen molar-refractivity contribution in [3.63, 3.8) is 0 Å². The maximum Gasteiger partial charge on any atom is 0.303 e. The maximum atomic E-state index is 12.3. The number of esters is 1. The van der Waals surface area contributed by atoms with Crippen molar-refractivity contribution in [1.82, 2.24) is 4.90 Å². The van der Waals surface area contributed by atoms with Gasteiger partial charge in [0.05, 0.1) is 68.0 Å². The van der Waals surface area contributed by atoms with Crippen molar-refractivity contribution in [1.29, 1.82) is 0 Å². The lowest BCUT2D eigenvalue weighted by Gasteiger charge is -2.63. The number of fused-ring (bicyclic) bond motifs is 4. The fourth-order valence-electron chi connectivity index (χ4n) is 13.4. The second-order valence-electron chi connectivity index (χ2n) is 18.4. The average Bonchev–Trinajstić information content (AvgIpc) is 3.61. The fourth-order valence-corrected chi connectivity index (χ4v) is 13.4. The molecule has 0 bridgehead atoms. The molecular weight excluding hydrogens is 600 g/mol. The van der Waals surface area contributed by atoms with Gasteiger partial charge in [0, 0.05) is 13.5 Å². The molecule has 8 fully saturated rings. The molecule has 10 heteroatoms. The molecule has 4 N–H and O–H groups in total. The zero-order valence-corrected chi connectivity index (χ0v) is 29.5. The van der Waals surface area contributed by atoms with Crippen molar-refractivity contribution in [2.24, 2.45) is 45.1 Å². The van der Waals surface area contributed by atoms with E-state index in [9.17, 15) is 15.0 Å². The molecule has 47 heavy (non-hydrogen) atoms. The molecule has 13 atom stereocenters. The smallest absolute Gasteiger partial charge is 0.303 e. The Morgan fingerprint density at radius 3 is 2.43 bits per heavy atom. The number of ether oxygens (including phenoxy) is 5. The van der Waals surface area contributed by atoms with E-state index in [4.69, 9.17) is 29.4 Å². The van der Waals surface area contributed by atoms with Gasteiger partial charge in [-0.1, -0.05) is 20.8 Å². The number of morpholine rings is 1. The minimum Gasteiger partial charge on any atom is -0.457 e. The van der Waals surface area contributed by atoms with Crippen LogP contribution < -0.4 is 5.73 Å². The van der Waals surface area contributed by atoms with Gasteiger partial charge in [-0.25, -0.2) is 0 Å². The van der Waals surface area contributed by atoms with E-state index in [0.717, 1.165) is 71.2 Å². The van der Waals surface area contributed by atoms with Crippen LogP contribution in [0, 0.1) is 39.4 Å². The Morgan fingerprint density at radius 2 is 1.74 bits per heavy atom. The van der Waals surface area contributed by atoms with E-state index in [1.165, 1.54) is 13.3 Å². The number of hydrogen-bond acceptors (Lipinski definition) is 10. The number of aliphatic hydroxyl groups excluding tert-OH is 1. The predicted octanol–water partition coefficient (Wildman–Crippen LogP) is 3.39. The Morgan fingerprint density at radius 1 is 1.02 bits per heavy atom. The van der Waals surface area contributed by atoms with Gasteiger partial charge in [-0.05, 0) is 111 Å². The first-order chi connectivity index (χ1) is 22.1. The Kier molecular flexibility index (Phi) is 7.67. The molecule has 3 saturated heterocycles. The molecule has 2 spiro atoms. The topological polar surface area (TPSA) is 133 Å². The first-order valence-corrected chi connectivity index (χ1v) is 18.7. The average molecular weight is 661 g/mol. The van der Waals surface area contributed by atoms with Crippen molar-refractivity contribution in [3.05, 3.63) is 0 Å². The number of carbonyl (C=O) groups is 1. The van der Waals surface area contributed by atoms with Crippen LogP contribution in [0.4, 0.5) is 0 Å². The number of aliphatic hydroxyl groups is 2. The van der Waals surface area contributed by atoms with Crippen LogP contribution in [0.2, 0.25) is 0 Å². The van der Waals surface area contributed by atoms with Gasteiger partial charge in [-0.3, -0.25) is 9.69 Å². The summed E-state index contributed by atoms with van der Waals surface area (Å²) >= 11 is 0. The fraction of sp³-hybridized carbons (Fsp3) is 0.973. The van der Waals surface area contributed by atoms with E-state index in [1.54, 1.807) is 13.8 Å². The SMILES string of the molecule is CC(=O)OC(C1CCC2C(O1)C(O)C1(N)C3CCC4C(C)(C)C(OC5CN(C6COC6)CCO5)CCC45CC35CCC21C)C(C)(C)O. The summed E-state index contributed by atoms with van der Waals surface area (Å²) < 4.78 is 30.8. The van der Waals surface area contributed by atoms with E-state index in [1.807, 2.05) is 0 Å². The number of hydrogen-bond donors (Lipinski definition) is 3. The van der Waals surface area contributed by atoms with E-state index in [0.29, 0.717) is 25.0 Å². The van der Waals surface area contributed by atoms with Gasteiger partial charge in [-0.2, -0.15) is 0 Å². The highest BCUT2D eigenvalue weighted by molar-refractivity contribution is 5.66. The van der Waals surface area contributed by atoms with Gasteiger partial charge < -0.3 is 39.6 Å². The van der Waals surface area contributed by atoms with Crippen LogP contribution in [-0.4, -0.2) is 108 Å². The molecule has 0 radical (unpaired) electrons. The number of nitrogens with zero attached hydrogens (tertiary/aromatic N) is 1. The molecule has 266 valence electrons. The molecule has 0 aromatic heterocycles. The summed E-state index contributed by atoms with van der Waals surface area (Å²) in [6.07, 6.45) is 6.59. The normalized spacial score (nSPS) is 51.3. The van der Waals surface area contributed by atoms with Crippen molar-refractivity contribution in [2.45, 2.75) is 153 Å². The van der Waals surface area contributed by atoms with Crippen LogP contribution in [0.1, 0.15) is 99.3 Å². The van der Waals surface area contributed by atoms with Crippen LogP contribution >= 0.6 is 0 Å². The molecule has 5 aliphatic carbocycles. The molecular formula is C37H60N2O8. The monoisotopic (exact) mass is 660 g/mol. The standard InChI is InChI=1S/C37H60N2O8/c1-21(40)45-31(33(4,5)42)24-8-7-23-29(46-24)30(41)37(38)26-10-9-25-32(2,3)27(47-28-17-39(15-16-44-28)22-18-43-19-22)11-12-35(25)20-36(26,35)14-13-34(23,37)6/h22-31,41-42H,7-20,38H2,1-6H3. The molecule has 0 aromatic carbocycles. The Hall–Kier alpha value is -0.850. The van der Waals surface area contributed by atoms with Gasteiger partial charge in [0.25, 0.3) is 0 Å². The second-order valence-corrected chi connectivity index (χ2v) is 18.4. The minimum atomic E-state index is -1.27. The molecule has 0 aromatic rings. The number of rotatable bonds is 6. The third-order valence-electron chi connectivity index (χ3n) is 15.8. The van der Waals surface area contributed by atoms with E-state index in [-0.39, 0.29) is 45.9 Å².